The van der Waals surface area contributed by atoms with Crippen molar-refractivity contribution in [2.24, 2.45) is 0 Å². The van der Waals surface area contributed by atoms with Crippen LogP contribution in [0.3, 0.4) is 0 Å². The van der Waals surface area contributed by atoms with Crippen molar-refractivity contribution in [2.45, 2.75) is 44.4 Å². The van der Waals surface area contributed by atoms with E-state index in [2.05, 4.69) is 10.4 Å². The van der Waals surface area contributed by atoms with Gasteiger partial charge in [0.05, 0.1) is 17.8 Å². The lowest BCUT2D eigenvalue weighted by Crippen LogP contribution is -2.36. The summed E-state index contributed by atoms with van der Waals surface area (Å²) in [5.74, 6) is 1.27. The molecule has 37 heavy (non-hydrogen) atoms. The Labute approximate surface area is 212 Å². The number of anilines is 1. The van der Waals surface area contributed by atoms with E-state index in [0.29, 0.717) is 12.2 Å². The van der Waals surface area contributed by atoms with E-state index in [-0.39, 0.29) is 30.0 Å². The normalized spacial score (nSPS) is 17.1. The Morgan fingerprint density at radius 3 is 2.30 bits per heavy atom. The summed E-state index contributed by atoms with van der Waals surface area (Å²) in [6, 6.07) is 21.7. The number of ether oxygens (including phenoxy) is 1. The summed E-state index contributed by atoms with van der Waals surface area (Å²) in [4.78, 5) is 13.1. The molecule has 0 amide bonds. The summed E-state index contributed by atoms with van der Waals surface area (Å²) in [7, 11) is 0. The van der Waals surface area contributed by atoms with Crippen molar-refractivity contribution >= 4 is 11.6 Å². The molecule has 0 saturated heterocycles. The van der Waals surface area contributed by atoms with Crippen LogP contribution in [0.25, 0.3) is 0 Å². The molecule has 8 heteroatoms. The second-order valence-electron chi connectivity index (χ2n) is 9.23. The number of fused-ring (bicyclic) bond motifs is 1. The van der Waals surface area contributed by atoms with Crippen LogP contribution in [0.1, 0.15) is 52.0 Å². The Hall–Kier alpha value is -4.07. The third kappa shape index (κ3) is 5.53. The van der Waals surface area contributed by atoms with E-state index in [1.54, 1.807) is 24.3 Å². The minimum absolute atomic E-state index is 0.120. The number of alkyl halides is 3. The van der Waals surface area contributed by atoms with E-state index in [4.69, 9.17) is 4.74 Å². The Morgan fingerprint density at radius 1 is 1.00 bits per heavy atom. The van der Waals surface area contributed by atoms with Gasteiger partial charge in [-0.2, -0.15) is 18.3 Å². The summed E-state index contributed by atoms with van der Waals surface area (Å²) in [6.07, 6.45) is -2.86. The zero-order valence-corrected chi connectivity index (χ0v) is 20.2. The second kappa shape index (κ2) is 10.1. The van der Waals surface area contributed by atoms with Gasteiger partial charge in [0.1, 0.15) is 17.3 Å². The van der Waals surface area contributed by atoms with E-state index < -0.39 is 18.3 Å². The van der Waals surface area contributed by atoms with Crippen LogP contribution in [-0.4, -0.2) is 21.7 Å². The van der Waals surface area contributed by atoms with Crippen molar-refractivity contribution in [1.82, 2.24) is 9.78 Å². The average Bonchev–Trinajstić information content (AvgIpc) is 3.33. The first-order chi connectivity index (χ1) is 17.8. The number of halogens is 3. The minimum atomic E-state index is -4.49. The quantitative estimate of drug-likeness (QED) is 0.265. The number of nitrogens with zero attached hydrogens (tertiary/aromatic N) is 2. The Bertz CT molecular complexity index is 1360. The lowest BCUT2D eigenvalue weighted by atomic mass is 9.96. The largest absolute Gasteiger partial charge is 0.457 e. The van der Waals surface area contributed by atoms with Crippen molar-refractivity contribution in [2.75, 3.05) is 5.32 Å². The summed E-state index contributed by atoms with van der Waals surface area (Å²) < 4.78 is 48.4. The SMILES string of the molecule is Cc1ccc(Oc2ccc(CCC(=O)c3cnn4c3NC(c3ccccc3)CC4C(F)(F)F)cc2)cc1. The fourth-order valence-electron chi connectivity index (χ4n) is 4.53. The first kappa shape index (κ1) is 24.6. The molecule has 1 N–H and O–H groups in total. The van der Waals surface area contributed by atoms with Crippen LogP contribution < -0.4 is 10.1 Å². The highest BCUT2D eigenvalue weighted by molar-refractivity contribution is 6.00. The lowest BCUT2D eigenvalue weighted by Gasteiger charge is -2.34. The maximum atomic E-state index is 13.9. The van der Waals surface area contributed by atoms with E-state index in [1.807, 2.05) is 61.5 Å². The molecule has 5 nitrogen and oxygen atoms in total. The Morgan fingerprint density at radius 2 is 1.65 bits per heavy atom. The number of rotatable bonds is 7. The number of carbonyl (C=O) groups excluding carboxylic acids is 1. The summed E-state index contributed by atoms with van der Waals surface area (Å²) in [5.41, 5.74) is 2.98. The van der Waals surface area contributed by atoms with Gasteiger partial charge in [0.25, 0.3) is 0 Å². The van der Waals surface area contributed by atoms with Crippen LogP contribution in [0.4, 0.5) is 19.0 Å². The number of aromatic nitrogens is 2. The molecule has 1 aliphatic heterocycles. The molecule has 5 rings (SSSR count). The number of hydrogen-bond donors (Lipinski definition) is 1. The summed E-state index contributed by atoms with van der Waals surface area (Å²) in [5, 5.41) is 7.10. The van der Waals surface area contributed by atoms with Gasteiger partial charge in [0.15, 0.2) is 11.8 Å². The fraction of sp³-hybridized carbons (Fsp3) is 0.241. The van der Waals surface area contributed by atoms with Crippen LogP contribution in [-0.2, 0) is 6.42 Å². The molecule has 0 radical (unpaired) electrons. The van der Waals surface area contributed by atoms with Gasteiger partial charge >= 0.3 is 6.18 Å². The van der Waals surface area contributed by atoms with Gasteiger partial charge in [-0.05, 0) is 48.7 Å². The molecule has 0 bridgehead atoms. The van der Waals surface area contributed by atoms with Crippen molar-refractivity contribution in [3.05, 3.63) is 107 Å². The third-order valence-electron chi connectivity index (χ3n) is 6.56. The van der Waals surface area contributed by atoms with Crippen molar-refractivity contribution in [3.63, 3.8) is 0 Å². The van der Waals surface area contributed by atoms with Gasteiger partial charge in [-0.3, -0.25) is 4.79 Å². The van der Waals surface area contributed by atoms with Gasteiger partial charge in [-0.1, -0.05) is 60.2 Å². The first-order valence-electron chi connectivity index (χ1n) is 12.1. The smallest absolute Gasteiger partial charge is 0.410 e. The molecule has 1 aliphatic rings. The van der Waals surface area contributed by atoms with Crippen LogP contribution >= 0.6 is 0 Å². The molecule has 3 aromatic carbocycles. The van der Waals surface area contributed by atoms with E-state index in [1.165, 1.54) is 6.20 Å². The number of carbonyl (C=O) groups is 1. The van der Waals surface area contributed by atoms with Crippen LogP contribution in [0.15, 0.2) is 85.1 Å². The molecule has 4 aromatic rings. The first-order valence-corrected chi connectivity index (χ1v) is 12.1. The fourth-order valence-corrected chi connectivity index (χ4v) is 4.53. The lowest BCUT2D eigenvalue weighted by molar-refractivity contribution is -0.173. The molecule has 1 aromatic heterocycles. The topological polar surface area (TPSA) is 56.1 Å². The molecular formula is C29H26F3N3O2. The van der Waals surface area contributed by atoms with Crippen molar-refractivity contribution in [3.8, 4) is 11.5 Å². The predicted molar refractivity (Wildman–Crippen MR) is 135 cm³/mol. The Kier molecular flexibility index (Phi) is 6.74. The number of aryl methyl sites for hydroxylation is 2. The average molecular weight is 506 g/mol. The minimum Gasteiger partial charge on any atom is -0.457 e. The predicted octanol–water partition coefficient (Wildman–Crippen LogP) is 7.46. The summed E-state index contributed by atoms with van der Waals surface area (Å²) in [6.45, 7) is 2.01. The van der Waals surface area contributed by atoms with E-state index in [9.17, 15) is 18.0 Å². The van der Waals surface area contributed by atoms with Gasteiger partial charge < -0.3 is 10.1 Å². The standard InChI is InChI=1S/C29H26F3N3O2/c1-19-7-12-22(13-8-19)37-23-14-9-20(10-15-23)11-16-26(36)24-18-33-35-27(29(30,31)32)17-25(34-28(24)35)21-5-3-2-4-6-21/h2-10,12-15,18,25,27,34H,11,16-17H2,1H3. The van der Waals surface area contributed by atoms with Crippen molar-refractivity contribution < 1.29 is 22.7 Å². The summed E-state index contributed by atoms with van der Waals surface area (Å²) >= 11 is 0. The maximum absolute atomic E-state index is 13.9. The second-order valence-corrected chi connectivity index (χ2v) is 9.23. The zero-order chi connectivity index (χ0) is 26.0. The number of Topliss-reactive ketones (excluding diaryl/α,β-unsaturated/α-hetero) is 1. The number of benzene rings is 3. The molecular weight excluding hydrogens is 479 g/mol. The molecule has 190 valence electrons. The van der Waals surface area contributed by atoms with Gasteiger partial charge in [-0.25, -0.2) is 4.68 Å². The van der Waals surface area contributed by atoms with Crippen LogP contribution in [0.5, 0.6) is 11.5 Å². The van der Waals surface area contributed by atoms with Crippen LogP contribution in [0, 0.1) is 6.92 Å². The number of hydrogen-bond acceptors (Lipinski definition) is 4. The molecule has 2 heterocycles. The molecule has 2 atom stereocenters. The van der Waals surface area contributed by atoms with E-state index >= 15 is 0 Å². The zero-order valence-electron chi connectivity index (χ0n) is 20.2. The van der Waals surface area contributed by atoms with E-state index in [0.717, 1.165) is 27.1 Å². The van der Waals surface area contributed by atoms with Gasteiger partial charge in [-0.15, -0.1) is 0 Å². The molecule has 0 aliphatic carbocycles. The monoisotopic (exact) mass is 505 g/mol. The van der Waals surface area contributed by atoms with Crippen molar-refractivity contribution in [1.29, 1.82) is 0 Å². The molecule has 0 fully saturated rings. The number of ketones is 1. The Balaban J connectivity index is 1.28. The van der Waals surface area contributed by atoms with Gasteiger partial charge in [0, 0.05) is 12.8 Å². The maximum Gasteiger partial charge on any atom is 0.410 e. The highest BCUT2D eigenvalue weighted by atomic mass is 19.4. The highest BCUT2D eigenvalue weighted by Crippen LogP contribution is 2.44. The van der Waals surface area contributed by atoms with Gasteiger partial charge in [0.2, 0.25) is 0 Å². The number of nitrogens with one attached hydrogen (secondary N) is 1. The van der Waals surface area contributed by atoms with Crippen LogP contribution in [0.2, 0.25) is 0 Å². The molecule has 0 spiro atoms. The molecule has 2 unspecified atom stereocenters. The highest BCUT2D eigenvalue weighted by Gasteiger charge is 2.47. The molecule has 0 saturated carbocycles. The third-order valence-corrected chi connectivity index (χ3v) is 6.56.